The van der Waals surface area contributed by atoms with Gasteiger partial charge in [0.05, 0.1) is 16.0 Å². The molecule has 1 amide bonds. The molecule has 108 valence electrons. The van der Waals surface area contributed by atoms with Crippen LogP contribution in [0.25, 0.3) is 11.0 Å². The van der Waals surface area contributed by atoms with Crippen LogP contribution >= 0.6 is 23.2 Å². The Bertz CT molecular complexity index is 649. The van der Waals surface area contributed by atoms with Crippen molar-refractivity contribution >= 4 is 40.1 Å². The zero-order valence-electron chi connectivity index (χ0n) is 11.5. The van der Waals surface area contributed by atoms with E-state index in [1.807, 2.05) is 30.5 Å². The van der Waals surface area contributed by atoms with Crippen LogP contribution in [-0.4, -0.2) is 21.3 Å². The third-order valence-electron chi connectivity index (χ3n) is 3.35. The van der Waals surface area contributed by atoms with Crippen molar-refractivity contribution in [3.05, 3.63) is 29.0 Å². The number of aryl methyl sites for hydroxylation is 1. The van der Waals surface area contributed by atoms with E-state index in [1.165, 1.54) is 0 Å². The number of alkyl halides is 1. The third-order valence-corrected chi connectivity index (χ3v) is 3.84. The average molecular weight is 314 g/mol. The maximum atomic E-state index is 11.6. The molecule has 1 heterocycles. The van der Waals surface area contributed by atoms with Crippen LogP contribution in [0.2, 0.25) is 5.02 Å². The van der Waals surface area contributed by atoms with E-state index in [1.54, 1.807) is 6.07 Å². The van der Waals surface area contributed by atoms with Gasteiger partial charge in [0.1, 0.15) is 11.3 Å². The Hall–Kier alpha value is -1.26. The molecule has 1 aromatic carbocycles. The predicted octanol–water partition coefficient (Wildman–Crippen LogP) is 2.98. The lowest BCUT2D eigenvalue weighted by molar-refractivity contribution is -0.126. The van der Waals surface area contributed by atoms with Gasteiger partial charge in [-0.3, -0.25) is 4.79 Å². The summed E-state index contributed by atoms with van der Waals surface area (Å²) in [6.07, 6.45) is 0.613. The molecule has 4 nitrogen and oxygen atoms in total. The molecule has 2 rings (SSSR count). The molecule has 0 fully saturated rings. The number of halogens is 2. The standard InChI is InChI=1S/C14H17Cl2N3O/c1-14(2,13(17)20)8-19-10-5-3-4-9(16)12(10)18-11(19)6-7-15/h3-5H,6-8H2,1-2H3,(H2,17,20). The highest BCUT2D eigenvalue weighted by molar-refractivity contribution is 6.34. The molecule has 0 atom stereocenters. The molecule has 0 spiro atoms. The molecule has 20 heavy (non-hydrogen) atoms. The van der Waals surface area contributed by atoms with Crippen LogP contribution in [0, 0.1) is 5.41 Å². The van der Waals surface area contributed by atoms with Gasteiger partial charge in [-0.2, -0.15) is 0 Å². The van der Waals surface area contributed by atoms with Gasteiger partial charge in [-0.15, -0.1) is 11.6 Å². The summed E-state index contributed by atoms with van der Waals surface area (Å²) in [5.41, 5.74) is 6.42. The van der Waals surface area contributed by atoms with Gasteiger partial charge in [0.25, 0.3) is 0 Å². The molecule has 0 aliphatic rings. The molecule has 0 aliphatic carbocycles. The number of hydrogen-bond donors (Lipinski definition) is 1. The fourth-order valence-electron chi connectivity index (χ4n) is 2.09. The lowest BCUT2D eigenvalue weighted by atomic mass is 9.92. The van der Waals surface area contributed by atoms with Crippen LogP contribution in [0.15, 0.2) is 18.2 Å². The van der Waals surface area contributed by atoms with E-state index >= 15 is 0 Å². The summed E-state index contributed by atoms with van der Waals surface area (Å²) in [7, 11) is 0. The second-order valence-electron chi connectivity index (χ2n) is 5.41. The topological polar surface area (TPSA) is 60.9 Å². The summed E-state index contributed by atoms with van der Waals surface area (Å²) in [5, 5.41) is 0.592. The summed E-state index contributed by atoms with van der Waals surface area (Å²) in [6, 6.07) is 5.60. The van der Waals surface area contributed by atoms with E-state index in [2.05, 4.69) is 4.98 Å². The zero-order chi connectivity index (χ0) is 14.9. The normalized spacial score (nSPS) is 12.0. The number of benzene rings is 1. The molecule has 0 bridgehead atoms. The summed E-state index contributed by atoms with van der Waals surface area (Å²) in [6.45, 7) is 4.08. The molecule has 0 aliphatic heterocycles. The van der Waals surface area contributed by atoms with Gasteiger partial charge in [-0.1, -0.05) is 17.7 Å². The smallest absolute Gasteiger partial charge is 0.224 e. The lowest BCUT2D eigenvalue weighted by Gasteiger charge is -2.22. The van der Waals surface area contributed by atoms with Crippen molar-refractivity contribution in [2.75, 3.05) is 5.88 Å². The van der Waals surface area contributed by atoms with Gasteiger partial charge in [0.2, 0.25) is 5.91 Å². The Morgan fingerprint density at radius 3 is 2.75 bits per heavy atom. The third kappa shape index (κ3) is 2.76. The first kappa shape index (κ1) is 15.1. The number of nitrogens with zero attached hydrogens (tertiary/aromatic N) is 2. The minimum atomic E-state index is -0.670. The minimum Gasteiger partial charge on any atom is -0.369 e. The lowest BCUT2D eigenvalue weighted by Crippen LogP contribution is -2.35. The highest BCUT2D eigenvalue weighted by Crippen LogP contribution is 2.27. The molecule has 2 aromatic rings. The van der Waals surface area contributed by atoms with Crippen molar-refractivity contribution in [2.24, 2.45) is 11.1 Å². The molecule has 0 unspecified atom stereocenters. The maximum absolute atomic E-state index is 11.6. The number of aromatic nitrogens is 2. The SMILES string of the molecule is CC(C)(Cn1c(CCCl)nc2c(Cl)cccc21)C(N)=O. The molecular formula is C14H17Cl2N3O. The van der Waals surface area contributed by atoms with Crippen LogP contribution in [0.1, 0.15) is 19.7 Å². The van der Waals surface area contributed by atoms with E-state index in [4.69, 9.17) is 28.9 Å². The molecular weight excluding hydrogens is 297 g/mol. The van der Waals surface area contributed by atoms with E-state index < -0.39 is 5.41 Å². The molecule has 0 saturated carbocycles. The highest BCUT2D eigenvalue weighted by atomic mass is 35.5. The number of primary amides is 1. The summed E-state index contributed by atoms with van der Waals surface area (Å²) in [5.74, 6) is 0.924. The Labute approximate surface area is 127 Å². The van der Waals surface area contributed by atoms with Crippen LogP contribution in [0.3, 0.4) is 0 Å². The van der Waals surface area contributed by atoms with Gasteiger partial charge < -0.3 is 10.3 Å². The number of nitrogens with two attached hydrogens (primary N) is 1. The molecule has 1 aromatic heterocycles. The first-order chi connectivity index (χ1) is 9.36. The number of hydrogen-bond acceptors (Lipinski definition) is 2. The van der Waals surface area contributed by atoms with Crippen molar-refractivity contribution in [3.63, 3.8) is 0 Å². The molecule has 2 N–H and O–H groups in total. The van der Waals surface area contributed by atoms with Crippen LogP contribution in [-0.2, 0) is 17.8 Å². The summed E-state index contributed by atoms with van der Waals surface area (Å²) in [4.78, 5) is 16.1. The fraction of sp³-hybridized carbons (Fsp3) is 0.429. The van der Waals surface area contributed by atoms with Gasteiger partial charge >= 0.3 is 0 Å². The van der Waals surface area contributed by atoms with Crippen molar-refractivity contribution in [2.45, 2.75) is 26.8 Å². The van der Waals surface area contributed by atoms with Crippen molar-refractivity contribution in [1.29, 1.82) is 0 Å². The molecule has 0 saturated heterocycles. The highest BCUT2D eigenvalue weighted by Gasteiger charge is 2.27. The summed E-state index contributed by atoms with van der Waals surface area (Å²) >= 11 is 12.0. The number of rotatable bonds is 5. The van der Waals surface area contributed by atoms with E-state index in [0.717, 1.165) is 16.9 Å². The monoisotopic (exact) mass is 313 g/mol. The predicted molar refractivity (Wildman–Crippen MR) is 82.1 cm³/mol. The second kappa shape index (κ2) is 5.62. The first-order valence-corrected chi connectivity index (χ1v) is 7.27. The van der Waals surface area contributed by atoms with E-state index in [0.29, 0.717) is 23.9 Å². The van der Waals surface area contributed by atoms with E-state index in [9.17, 15) is 4.79 Å². The van der Waals surface area contributed by atoms with Gasteiger partial charge in [-0.05, 0) is 26.0 Å². The second-order valence-corrected chi connectivity index (χ2v) is 6.19. The Balaban J connectivity index is 2.57. The number of amides is 1. The van der Waals surface area contributed by atoms with Gasteiger partial charge in [0.15, 0.2) is 0 Å². The maximum Gasteiger partial charge on any atom is 0.224 e. The van der Waals surface area contributed by atoms with Crippen LogP contribution in [0.5, 0.6) is 0 Å². The summed E-state index contributed by atoms with van der Waals surface area (Å²) < 4.78 is 1.98. The fourth-order valence-corrected chi connectivity index (χ4v) is 2.47. The molecule has 0 radical (unpaired) electrons. The molecule has 6 heteroatoms. The number of carbonyl (C=O) groups is 1. The first-order valence-electron chi connectivity index (χ1n) is 6.36. The Morgan fingerprint density at radius 1 is 1.45 bits per heavy atom. The van der Waals surface area contributed by atoms with Crippen molar-refractivity contribution in [3.8, 4) is 0 Å². The number of fused-ring (bicyclic) bond motifs is 1. The quantitative estimate of drug-likeness (QED) is 0.863. The number of para-hydroxylation sites is 1. The number of imidazole rings is 1. The van der Waals surface area contributed by atoms with E-state index in [-0.39, 0.29) is 5.91 Å². The van der Waals surface area contributed by atoms with Gasteiger partial charge in [-0.25, -0.2) is 4.98 Å². The minimum absolute atomic E-state index is 0.349. The average Bonchev–Trinajstić information content (AvgIpc) is 2.69. The van der Waals surface area contributed by atoms with Gasteiger partial charge in [0, 0.05) is 18.8 Å². The zero-order valence-corrected chi connectivity index (χ0v) is 13.0. The van der Waals surface area contributed by atoms with Crippen LogP contribution in [0.4, 0.5) is 0 Å². The van der Waals surface area contributed by atoms with Crippen molar-refractivity contribution in [1.82, 2.24) is 9.55 Å². The largest absolute Gasteiger partial charge is 0.369 e. The number of carbonyl (C=O) groups excluding carboxylic acids is 1. The van der Waals surface area contributed by atoms with Crippen LogP contribution < -0.4 is 5.73 Å². The Morgan fingerprint density at radius 2 is 2.15 bits per heavy atom. The Kier molecular flexibility index (Phi) is 4.25. The van der Waals surface area contributed by atoms with Crippen molar-refractivity contribution < 1.29 is 4.79 Å².